The number of hydrogen-bond donors (Lipinski definition) is 1. The molecular formula is C30H41N3O3. The fourth-order valence-corrected chi connectivity index (χ4v) is 6.72. The van der Waals surface area contributed by atoms with E-state index >= 15 is 0 Å². The van der Waals surface area contributed by atoms with Crippen molar-refractivity contribution in [2.45, 2.75) is 62.6 Å². The molecule has 5 rings (SSSR count). The monoisotopic (exact) mass is 491 g/mol. The first-order valence-electron chi connectivity index (χ1n) is 13.6. The molecule has 194 valence electrons. The van der Waals surface area contributed by atoms with Gasteiger partial charge in [-0.1, -0.05) is 48.9 Å². The highest BCUT2D eigenvalue weighted by Crippen LogP contribution is 2.50. The second-order valence-electron chi connectivity index (χ2n) is 11.2. The molecule has 2 amide bonds. The van der Waals surface area contributed by atoms with Crippen molar-refractivity contribution < 1.29 is 14.6 Å². The van der Waals surface area contributed by atoms with Crippen molar-refractivity contribution in [3.05, 3.63) is 65.7 Å². The van der Waals surface area contributed by atoms with E-state index in [4.69, 9.17) is 4.74 Å². The van der Waals surface area contributed by atoms with Crippen LogP contribution in [0.5, 0.6) is 5.75 Å². The maximum atomic E-state index is 13.8. The molecule has 2 aromatic rings. The fourth-order valence-electron chi connectivity index (χ4n) is 6.72. The number of aliphatic hydroxyl groups excluding tert-OH is 1. The van der Waals surface area contributed by atoms with Crippen LogP contribution in [-0.2, 0) is 12.1 Å². The van der Waals surface area contributed by atoms with Crippen LogP contribution in [0.15, 0.2) is 54.6 Å². The topological polar surface area (TPSA) is 56.2 Å². The van der Waals surface area contributed by atoms with Crippen LogP contribution < -0.4 is 4.74 Å². The molecule has 0 bridgehead atoms. The summed E-state index contributed by atoms with van der Waals surface area (Å²) in [7, 11) is 3.82. The average molecular weight is 492 g/mol. The fraction of sp³-hybridized carbons (Fsp3) is 0.567. The maximum absolute atomic E-state index is 13.8. The quantitative estimate of drug-likeness (QED) is 0.544. The van der Waals surface area contributed by atoms with Gasteiger partial charge in [0.05, 0.1) is 19.3 Å². The van der Waals surface area contributed by atoms with E-state index in [-0.39, 0.29) is 23.7 Å². The summed E-state index contributed by atoms with van der Waals surface area (Å²) in [6.07, 6.45) is 7.70. The van der Waals surface area contributed by atoms with Gasteiger partial charge in [-0.05, 0) is 74.8 Å². The molecule has 1 saturated heterocycles. The number of methoxy groups -OCH3 is 1. The zero-order valence-corrected chi connectivity index (χ0v) is 21.9. The van der Waals surface area contributed by atoms with Gasteiger partial charge in [-0.3, -0.25) is 4.90 Å². The molecule has 0 unspecified atom stereocenters. The van der Waals surface area contributed by atoms with Crippen LogP contribution in [0.3, 0.4) is 0 Å². The van der Waals surface area contributed by atoms with Crippen molar-refractivity contribution in [1.82, 2.24) is 14.7 Å². The molecule has 2 aliphatic carbocycles. The minimum absolute atomic E-state index is 0.107. The lowest BCUT2D eigenvalue weighted by molar-refractivity contribution is -0.00118. The van der Waals surface area contributed by atoms with Gasteiger partial charge in [0.25, 0.3) is 0 Å². The molecule has 3 aliphatic rings. The van der Waals surface area contributed by atoms with E-state index in [9.17, 15) is 9.90 Å². The largest absolute Gasteiger partial charge is 0.497 e. The number of carbonyl (C=O) groups excluding carboxylic acids is 1. The van der Waals surface area contributed by atoms with Gasteiger partial charge in [-0.2, -0.15) is 0 Å². The molecule has 6 nitrogen and oxygen atoms in total. The van der Waals surface area contributed by atoms with Gasteiger partial charge in [-0.25, -0.2) is 4.79 Å². The molecule has 3 fully saturated rings. The molecule has 36 heavy (non-hydrogen) atoms. The zero-order chi connectivity index (χ0) is 25.2. The van der Waals surface area contributed by atoms with E-state index in [1.807, 2.05) is 12.1 Å². The standard InChI is InChI=1S/C30H41N3O3/c1-31(19-20-34)30(26-9-4-3-5-10-26)17-15-29(16-18-30)23-32(21-25-11-13-27(36-2)14-12-25)28(35)33(29)22-24-7-6-8-24/h3-5,9-14,24,34H,6-8,15-23H2,1-2H3/t29-,30+. The molecule has 0 atom stereocenters. The van der Waals surface area contributed by atoms with Gasteiger partial charge in [-0.15, -0.1) is 0 Å². The number of amides is 2. The Morgan fingerprint density at radius 1 is 1.03 bits per heavy atom. The third-order valence-electron chi connectivity index (χ3n) is 9.24. The number of urea groups is 1. The summed E-state index contributed by atoms with van der Waals surface area (Å²) in [6, 6.07) is 19.1. The Kier molecular flexibility index (Phi) is 7.27. The Bertz CT molecular complexity index is 1010. The second kappa shape index (κ2) is 10.4. The lowest BCUT2D eigenvalue weighted by atomic mass is 9.67. The Labute approximate surface area is 215 Å². The van der Waals surface area contributed by atoms with Crippen LogP contribution in [0, 0.1) is 5.92 Å². The van der Waals surface area contributed by atoms with E-state index in [2.05, 4.69) is 64.2 Å². The minimum Gasteiger partial charge on any atom is -0.497 e. The lowest BCUT2D eigenvalue weighted by Crippen LogP contribution is -2.57. The predicted molar refractivity (Wildman–Crippen MR) is 142 cm³/mol. The number of likely N-dealkylation sites (N-methyl/N-ethyl adjacent to an activating group) is 1. The molecule has 2 aromatic carbocycles. The van der Waals surface area contributed by atoms with E-state index in [1.54, 1.807) is 7.11 Å². The van der Waals surface area contributed by atoms with Gasteiger partial charge in [0.2, 0.25) is 0 Å². The van der Waals surface area contributed by atoms with E-state index < -0.39 is 0 Å². The zero-order valence-electron chi connectivity index (χ0n) is 21.9. The second-order valence-corrected chi connectivity index (χ2v) is 11.2. The highest BCUT2D eigenvalue weighted by Gasteiger charge is 2.55. The number of nitrogens with zero attached hydrogens (tertiary/aromatic N) is 3. The molecule has 6 heteroatoms. The van der Waals surface area contributed by atoms with E-state index in [1.165, 1.54) is 24.8 Å². The predicted octanol–water partition coefficient (Wildman–Crippen LogP) is 4.87. The van der Waals surface area contributed by atoms with Crippen molar-refractivity contribution in [1.29, 1.82) is 0 Å². The van der Waals surface area contributed by atoms with Gasteiger partial charge < -0.3 is 19.6 Å². The molecule has 0 radical (unpaired) electrons. The Morgan fingerprint density at radius 3 is 2.31 bits per heavy atom. The van der Waals surface area contributed by atoms with E-state index in [0.29, 0.717) is 19.0 Å². The van der Waals surface area contributed by atoms with Crippen LogP contribution in [-0.4, -0.2) is 71.8 Å². The molecule has 1 N–H and O–H groups in total. The summed E-state index contributed by atoms with van der Waals surface area (Å²) in [5, 5.41) is 9.74. The Balaban J connectivity index is 1.39. The number of benzene rings is 2. The summed E-state index contributed by atoms with van der Waals surface area (Å²) >= 11 is 0. The van der Waals surface area contributed by atoms with Crippen molar-refractivity contribution in [3.63, 3.8) is 0 Å². The van der Waals surface area contributed by atoms with Crippen LogP contribution in [0.4, 0.5) is 4.79 Å². The van der Waals surface area contributed by atoms with Crippen LogP contribution in [0.25, 0.3) is 0 Å². The summed E-state index contributed by atoms with van der Waals surface area (Å²) < 4.78 is 5.31. The van der Waals surface area contributed by atoms with Crippen LogP contribution >= 0.6 is 0 Å². The van der Waals surface area contributed by atoms with Crippen molar-refractivity contribution >= 4 is 6.03 Å². The van der Waals surface area contributed by atoms with Gasteiger partial charge in [0.15, 0.2) is 0 Å². The summed E-state index contributed by atoms with van der Waals surface area (Å²) in [6.45, 7) is 3.12. The molecule has 1 aliphatic heterocycles. The number of aliphatic hydroxyl groups is 1. The number of rotatable bonds is 9. The van der Waals surface area contributed by atoms with Gasteiger partial charge in [0, 0.05) is 31.7 Å². The smallest absolute Gasteiger partial charge is 0.320 e. The number of carbonyl (C=O) groups is 1. The molecule has 0 aromatic heterocycles. The number of ether oxygens (including phenoxy) is 1. The molecule has 1 heterocycles. The summed E-state index contributed by atoms with van der Waals surface area (Å²) in [5.41, 5.74) is 2.24. The lowest BCUT2D eigenvalue weighted by Gasteiger charge is -2.52. The van der Waals surface area contributed by atoms with Crippen molar-refractivity contribution in [2.75, 3.05) is 40.4 Å². The first-order chi connectivity index (χ1) is 17.5. The average Bonchev–Trinajstić information content (AvgIpc) is 3.13. The SMILES string of the molecule is COc1ccc(CN2C[C@]3(CC[C@](c4ccccc4)(N(C)CCO)CC3)N(CC3CCC3)C2=O)cc1. The molecule has 2 saturated carbocycles. The van der Waals surface area contributed by atoms with Crippen molar-refractivity contribution in [2.24, 2.45) is 5.92 Å². The molecule has 1 spiro atoms. The summed E-state index contributed by atoms with van der Waals surface area (Å²) in [4.78, 5) is 20.5. The van der Waals surface area contributed by atoms with E-state index in [0.717, 1.165) is 50.1 Å². The Morgan fingerprint density at radius 2 is 1.72 bits per heavy atom. The third kappa shape index (κ3) is 4.61. The summed E-state index contributed by atoms with van der Waals surface area (Å²) in [5.74, 6) is 1.48. The van der Waals surface area contributed by atoms with Crippen LogP contribution in [0.2, 0.25) is 0 Å². The third-order valence-corrected chi connectivity index (χ3v) is 9.24. The highest BCUT2D eigenvalue weighted by atomic mass is 16.5. The first-order valence-corrected chi connectivity index (χ1v) is 13.6. The normalized spacial score (nSPS) is 26.6. The van der Waals surface area contributed by atoms with Gasteiger partial charge in [0.1, 0.15) is 5.75 Å². The highest BCUT2D eigenvalue weighted by molar-refractivity contribution is 5.78. The van der Waals surface area contributed by atoms with Crippen LogP contribution in [0.1, 0.15) is 56.1 Å². The minimum atomic E-state index is -0.114. The maximum Gasteiger partial charge on any atom is 0.320 e. The number of hydrogen-bond acceptors (Lipinski definition) is 4. The van der Waals surface area contributed by atoms with Gasteiger partial charge >= 0.3 is 6.03 Å². The van der Waals surface area contributed by atoms with Crippen molar-refractivity contribution in [3.8, 4) is 5.75 Å². The first kappa shape index (κ1) is 25.1. The Hall–Kier alpha value is -2.57. The molecular weight excluding hydrogens is 450 g/mol.